The number of anilines is 1. The van der Waals surface area contributed by atoms with E-state index in [2.05, 4.69) is 0 Å². The largest absolute Gasteiger partial charge is 0.481 e. The van der Waals surface area contributed by atoms with E-state index in [1.165, 1.54) is 0 Å². The van der Waals surface area contributed by atoms with Crippen LogP contribution < -0.4 is 5.73 Å². The fourth-order valence-corrected chi connectivity index (χ4v) is 0.841. The first-order valence-electron chi connectivity index (χ1n) is 4.46. The van der Waals surface area contributed by atoms with Gasteiger partial charge in [-0.3, -0.25) is 4.79 Å². The van der Waals surface area contributed by atoms with E-state index in [0.717, 1.165) is 10.7 Å². The zero-order valence-corrected chi connectivity index (χ0v) is 9.46. The van der Waals surface area contributed by atoms with Crippen molar-refractivity contribution in [1.29, 1.82) is 0 Å². The molecular formula is C10H12ClNO5. The zero-order valence-electron chi connectivity index (χ0n) is 8.71. The first-order chi connectivity index (χ1) is 7.82. The average molecular weight is 262 g/mol. The standard InChI is InChI=1S/C6H6ClN.C4H6O5/c7-5-1-3-6(8)4-2-5;5-2(4(8)9)1-3(6)7/h1-4H,8H2;2,5H,1H2,(H,6,7)(H,8,9). The molecule has 1 aromatic carbocycles. The van der Waals surface area contributed by atoms with Crippen molar-refractivity contribution < 1.29 is 24.9 Å². The van der Waals surface area contributed by atoms with Gasteiger partial charge in [-0.1, -0.05) is 11.6 Å². The molecule has 0 saturated carbocycles. The molecule has 0 heterocycles. The number of hydrogen-bond acceptors (Lipinski definition) is 4. The Morgan fingerprint density at radius 3 is 1.94 bits per heavy atom. The van der Waals surface area contributed by atoms with Crippen LogP contribution in [0.5, 0.6) is 0 Å². The molecule has 7 heteroatoms. The van der Waals surface area contributed by atoms with Crippen molar-refractivity contribution in [2.75, 3.05) is 5.73 Å². The molecular weight excluding hydrogens is 250 g/mol. The van der Waals surface area contributed by atoms with Gasteiger partial charge in [0.2, 0.25) is 0 Å². The van der Waals surface area contributed by atoms with Crippen LogP contribution in [0.25, 0.3) is 0 Å². The van der Waals surface area contributed by atoms with Crippen LogP contribution in [0.4, 0.5) is 5.69 Å². The van der Waals surface area contributed by atoms with E-state index in [9.17, 15) is 9.59 Å². The van der Waals surface area contributed by atoms with E-state index in [4.69, 9.17) is 32.7 Å². The fraction of sp³-hybridized carbons (Fsp3) is 0.200. The zero-order chi connectivity index (χ0) is 13.4. The molecule has 0 fully saturated rings. The molecule has 0 aliphatic rings. The van der Waals surface area contributed by atoms with Gasteiger partial charge in [-0.05, 0) is 24.3 Å². The predicted octanol–water partition coefficient (Wildman–Crippen LogP) is 0.829. The number of hydrogen-bond donors (Lipinski definition) is 4. The number of benzene rings is 1. The van der Waals surface area contributed by atoms with Crippen molar-refractivity contribution in [3.8, 4) is 0 Å². The molecule has 0 aliphatic carbocycles. The fourth-order valence-electron chi connectivity index (χ4n) is 0.715. The van der Waals surface area contributed by atoms with Crippen molar-refractivity contribution in [1.82, 2.24) is 0 Å². The first kappa shape index (κ1) is 15.2. The third kappa shape index (κ3) is 8.06. The second-order valence-corrected chi connectivity index (χ2v) is 3.44. The molecule has 0 amide bonds. The van der Waals surface area contributed by atoms with Gasteiger partial charge in [0.05, 0.1) is 6.42 Å². The number of aliphatic hydroxyl groups is 1. The molecule has 17 heavy (non-hydrogen) atoms. The van der Waals surface area contributed by atoms with Gasteiger partial charge in [-0.15, -0.1) is 0 Å². The summed E-state index contributed by atoms with van der Waals surface area (Å²) in [6.45, 7) is 0. The molecule has 0 radical (unpaired) electrons. The van der Waals surface area contributed by atoms with E-state index < -0.39 is 24.5 Å². The molecule has 94 valence electrons. The van der Waals surface area contributed by atoms with E-state index in [1.54, 1.807) is 24.3 Å². The van der Waals surface area contributed by atoms with Gasteiger partial charge < -0.3 is 21.1 Å². The number of halogens is 1. The number of aliphatic carboxylic acids is 2. The Kier molecular flexibility index (Phi) is 6.69. The number of carboxylic acids is 2. The van der Waals surface area contributed by atoms with Crippen LogP contribution in [0.2, 0.25) is 5.02 Å². The highest BCUT2D eigenvalue weighted by molar-refractivity contribution is 6.30. The van der Waals surface area contributed by atoms with Crippen molar-refractivity contribution in [2.45, 2.75) is 12.5 Å². The van der Waals surface area contributed by atoms with Crippen molar-refractivity contribution in [3.05, 3.63) is 29.3 Å². The van der Waals surface area contributed by atoms with Crippen LogP contribution in [-0.4, -0.2) is 33.4 Å². The Morgan fingerprint density at radius 2 is 1.71 bits per heavy atom. The molecule has 6 nitrogen and oxygen atoms in total. The van der Waals surface area contributed by atoms with Gasteiger partial charge in [0.25, 0.3) is 0 Å². The van der Waals surface area contributed by atoms with Crippen LogP contribution in [0.15, 0.2) is 24.3 Å². The SMILES string of the molecule is Nc1ccc(Cl)cc1.O=C(O)CC(O)C(=O)O. The Morgan fingerprint density at radius 1 is 1.24 bits per heavy atom. The molecule has 1 aromatic rings. The molecule has 0 spiro atoms. The van der Waals surface area contributed by atoms with E-state index in [-0.39, 0.29) is 0 Å². The Labute approximate surface area is 102 Å². The Bertz CT molecular complexity index is 358. The monoisotopic (exact) mass is 261 g/mol. The number of nitrogen functional groups attached to an aromatic ring is 1. The quantitative estimate of drug-likeness (QED) is 0.598. The highest BCUT2D eigenvalue weighted by atomic mass is 35.5. The summed E-state index contributed by atoms with van der Waals surface area (Å²) in [5.41, 5.74) is 6.11. The number of carboxylic acid groups (broad SMARTS) is 2. The maximum atomic E-state index is 9.72. The third-order valence-electron chi connectivity index (χ3n) is 1.52. The summed E-state index contributed by atoms with van der Waals surface area (Å²) in [6.07, 6.45) is -2.54. The predicted molar refractivity (Wildman–Crippen MR) is 61.8 cm³/mol. The van der Waals surface area contributed by atoms with Gasteiger partial charge >= 0.3 is 11.9 Å². The van der Waals surface area contributed by atoms with Crippen LogP contribution >= 0.6 is 11.6 Å². The van der Waals surface area contributed by atoms with Crippen LogP contribution in [0.3, 0.4) is 0 Å². The molecule has 1 unspecified atom stereocenters. The van der Waals surface area contributed by atoms with Crippen LogP contribution in [0, 0.1) is 0 Å². The number of aliphatic hydroxyl groups excluding tert-OH is 1. The smallest absolute Gasteiger partial charge is 0.333 e. The lowest BCUT2D eigenvalue weighted by Crippen LogP contribution is -2.22. The minimum atomic E-state index is -1.79. The minimum Gasteiger partial charge on any atom is -0.481 e. The lowest BCUT2D eigenvalue weighted by atomic mass is 10.3. The molecule has 0 saturated heterocycles. The Balaban J connectivity index is 0.000000302. The molecule has 1 atom stereocenters. The molecule has 0 aliphatic heterocycles. The van der Waals surface area contributed by atoms with Crippen molar-refractivity contribution in [3.63, 3.8) is 0 Å². The molecule has 5 N–H and O–H groups in total. The summed E-state index contributed by atoms with van der Waals surface area (Å²) >= 11 is 5.56. The lowest BCUT2D eigenvalue weighted by Gasteiger charge is -1.97. The van der Waals surface area contributed by atoms with E-state index >= 15 is 0 Å². The second-order valence-electron chi connectivity index (χ2n) is 3.00. The number of rotatable bonds is 3. The summed E-state index contributed by atoms with van der Waals surface area (Å²) in [4.78, 5) is 19.4. The summed E-state index contributed by atoms with van der Waals surface area (Å²) in [7, 11) is 0. The van der Waals surface area contributed by atoms with Crippen molar-refractivity contribution in [2.24, 2.45) is 0 Å². The minimum absolute atomic E-state index is 0.721. The highest BCUT2D eigenvalue weighted by Gasteiger charge is 2.16. The summed E-state index contributed by atoms with van der Waals surface area (Å²) in [5.74, 6) is -2.85. The van der Waals surface area contributed by atoms with Gasteiger partial charge in [0, 0.05) is 10.7 Å². The molecule has 0 aromatic heterocycles. The van der Waals surface area contributed by atoms with Gasteiger partial charge in [-0.2, -0.15) is 0 Å². The third-order valence-corrected chi connectivity index (χ3v) is 1.78. The van der Waals surface area contributed by atoms with E-state index in [1.807, 2.05) is 0 Å². The van der Waals surface area contributed by atoms with Crippen LogP contribution in [0.1, 0.15) is 6.42 Å². The first-order valence-corrected chi connectivity index (χ1v) is 4.84. The maximum Gasteiger partial charge on any atom is 0.333 e. The topological polar surface area (TPSA) is 121 Å². The van der Waals surface area contributed by atoms with Crippen LogP contribution in [-0.2, 0) is 9.59 Å². The maximum absolute atomic E-state index is 9.72. The van der Waals surface area contributed by atoms with Crippen molar-refractivity contribution >= 4 is 29.2 Å². The second kappa shape index (κ2) is 7.48. The van der Waals surface area contributed by atoms with Gasteiger partial charge in [0.1, 0.15) is 0 Å². The lowest BCUT2D eigenvalue weighted by molar-refractivity contribution is -0.152. The van der Waals surface area contributed by atoms with Gasteiger partial charge in [-0.25, -0.2) is 4.79 Å². The van der Waals surface area contributed by atoms with Gasteiger partial charge in [0.15, 0.2) is 6.10 Å². The average Bonchev–Trinajstić information content (AvgIpc) is 2.22. The molecule has 0 bridgehead atoms. The Hall–Kier alpha value is -1.79. The molecule has 1 rings (SSSR count). The highest BCUT2D eigenvalue weighted by Crippen LogP contribution is 2.09. The number of carbonyl (C=O) groups is 2. The summed E-state index contributed by atoms with van der Waals surface area (Å²) in [5, 5.41) is 24.9. The van der Waals surface area contributed by atoms with E-state index in [0.29, 0.717) is 0 Å². The summed E-state index contributed by atoms with van der Waals surface area (Å²) in [6, 6.07) is 7.05. The number of nitrogens with two attached hydrogens (primary N) is 1. The normalized spacial score (nSPS) is 10.9. The summed E-state index contributed by atoms with van der Waals surface area (Å²) < 4.78 is 0.